The summed E-state index contributed by atoms with van der Waals surface area (Å²) < 4.78 is 12.4. The second kappa shape index (κ2) is 5.75. The van der Waals surface area contributed by atoms with Crippen LogP contribution in [-0.4, -0.2) is 20.8 Å². The Morgan fingerprint density at radius 2 is 2.30 bits per heavy atom. The van der Waals surface area contributed by atoms with Crippen molar-refractivity contribution in [2.75, 3.05) is 0 Å². The standard InChI is InChI=1S/C16H16N4O3/c21-16(12-10-18-20-6-2-1-4-13(12)20)17-9-11-8-15(23-19-11)14-5-3-7-22-14/h3,5,7-8,10H,1-2,4,6,9H2,(H,17,21). The second-order valence-electron chi connectivity index (χ2n) is 5.53. The van der Waals surface area contributed by atoms with Gasteiger partial charge in [0.05, 0.1) is 30.3 Å². The number of rotatable bonds is 4. The molecular formula is C16H16N4O3. The molecule has 118 valence electrons. The van der Waals surface area contributed by atoms with Gasteiger partial charge in [-0.25, -0.2) is 0 Å². The first kappa shape index (κ1) is 13.8. The van der Waals surface area contributed by atoms with Crippen LogP contribution in [0.2, 0.25) is 0 Å². The molecule has 4 rings (SSSR count). The fourth-order valence-electron chi connectivity index (χ4n) is 2.81. The van der Waals surface area contributed by atoms with E-state index in [1.165, 1.54) is 0 Å². The number of furan rings is 1. The molecular weight excluding hydrogens is 296 g/mol. The highest BCUT2D eigenvalue weighted by atomic mass is 16.5. The molecule has 0 fully saturated rings. The van der Waals surface area contributed by atoms with Crippen molar-refractivity contribution in [3.8, 4) is 11.5 Å². The Kier molecular flexibility index (Phi) is 3.45. The van der Waals surface area contributed by atoms with Gasteiger partial charge < -0.3 is 14.3 Å². The first-order chi connectivity index (χ1) is 11.3. The number of aryl methyl sites for hydroxylation is 1. The Labute approximate surface area is 132 Å². The summed E-state index contributed by atoms with van der Waals surface area (Å²) in [6.45, 7) is 1.19. The van der Waals surface area contributed by atoms with E-state index in [2.05, 4.69) is 15.6 Å². The Balaban J connectivity index is 1.43. The first-order valence-corrected chi connectivity index (χ1v) is 7.63. The van der Waals surface area contributed by atoms with Crippen LogP contribution in [0.5, 0.6) is 0 Å². The molecule has 1 aliphatic rings. The Bertz CT molecular complexity index is 816. The molecule has 23 heavy (non-hydrogen) atoms. The van der Waals surface area contributed by atoms with Crippen molar-refractivity contribution in [2.45, 2.75) is 32.4 Å². The molecule has 4 heterocycles. The van der Waals surface area contributed by atoms with E-state index in [0.29, 0.717) is 29.3 Å². The van der Waals surface area contributed by atoms with E-state index in [-0.39, 0.29) is 5.91 Å². The van der Waals surface area contributed by atoms with Gasteiger partial charge in [-0.15, -0.1) is 0 Å². The van der Waals surface area contributed by atoms with Crippen molar-refractivity contribution in [1.29, 1.82) is 0 Å². The van der Waals surface area contributed by atoms with Crippen LogP contribution in [0.3, 0.4) is 0 Å². The smallest absolute Gasteiger partial charge is 0.255 e. The van der Waals surface area contributed by atoms with Gasteiger partial charge in [-0.1, -0.05) is 5.16 Å². The van der Waals surface area contributed by atoms with Crippen LogP contribution in [-0.2, 0) is 19.5 Å². The quantitative estimate of drug-likeness (QED) is 0.799. The first-order valence-electron chi connectivity index (χ1n) is 7.63. The van der Waals surface area contributed by atoms with Crippen LogP contribution < -0.4 is 5.32 Å². The van der Waals surface area contributed by atoms with Gasteiger partial charge in [-0.3, -0.25) is 9.48 Å². The minimum atomic E-state index is -0.129. The van der Waals surface area contributed by atoms with E-state index in [4.69, 9.17) is 8.94 Å². The van der Waals surface area contributed by atoms with Crippen molar-refractivity contribution in [3.05, 3.63) is 47.6 Å². The average Bonchev–Trinajstić information content (AvgIpc) is 3.31. The summed E-state index contributed by atoms with van der Waals surface area (Å²) in [5.74, 6) is 1.03. The highest BCUT2D eigenvalue weighted by molar-refractivity contribution is 5.95. The normalized spacial score (nSPS) is 13.7. The largest absolute Gasteiger partial charge is 0.461 e. The van der Waals surface area contributed by atoms with E-state index in [1.54, 1.807) is 30.7 Å². The molecule has 0 saturated carbocycles. The van der Waals surface area contributed by atoms with E-state index in [0.717, 1.165) is 31.5 Å². The molecule has 3 aromatic rings. The van der Waals surface area contributed by atoms with E-state index < -0.39 is 0 Å². The lowest BCUT2D eigenvalue weighted by Crippen LogP contribution is -2.24. The molecule has 0 unspecified atom stereocenters. The van der Waals surface area contributed by atoms with Crippen LogP contribution in [0.1, 0.15) is 34.6 Å². The fourth-order valence-corrected chi connectivity index (χ4v) is 2.81. The minimum absolute atomic E-state index is 0.129. The third kappa shape index (κ3) is 2.65. The number of hydrogen-bond acceptors (Lipinski definition) is 5. The zero-order valence-corrected chi connectivity index (χ0v) is 12.5. The third-order valence-electron chi connectivity index (χ3n) is 3.98. The van der Waals surface area contributed by atoms with Crippen LogP contribution >= 0.6 is 0 Å². The molecule has 1 amide bonds. The summed E-state index contributed by atoms with van der Waals surface area (Å²) in [7, 11) is 0. The summed E-state index contributed by atoms with van der Waals surface area (Å²) >= 11 is 0. The number of nitrogens with zero attached hydrogens (tertiary/aromatic N) is 3. The van der Waals surface area contributed by atoms with Gasteiger partial charge in [0.25, 0.3) is 5.91 Å². The molecule has 7 heteroatoms. The summed E-state index contributed by atoms with van der Waals surface area (Å²) in [5, 5.41) is 11.1. The predicted octanol–water partition coefficient (Wildman–Crippen LogP) is 2.40. The SMILES string of the molecule is O=C(NCc1cc(-c2ccco2)on1)c1cnn2c1CCCC2. The van der Waals surface area contributed by atoms with Gasteiger partial charge in [0, 0.05) is 12.6 Å². The molecule has 0 radical (unpaired) electrons. The molecule has 1 N–H and O–H groups in total. The molecule has 0 atom stereocenters. The molecule has 0 bridgehead atoms. The molecule has 0 aromatic carbocycles. The van der Waals surface area contributed by atoms with Gasteiger partial charge in [0.15, 0.2) is 5.76 Å². The van der Waals surface area contributed by atoms with Gasteiger partial charge in [0.1, 0.15) is 5.69 Å². The minimum Gasteiger partial charge on any atom is -0.461 e. The van der Waals surface area contributed by atoms with Crippen molar-refractivity contribution in [3.63, 3.8) is 0 Å². The Morgan fingerprint density at radius 1 is 1.35 bits per heavy atom. The summed E-state index contributed by atoms with van der Waals surface area (Å²) in [4.78, 5) is 12.3. The lowest BCUT2D eigenvalue weighted by Gasteiger charge is -2.14. The fraction of sp³-hybridized carbons (Fsp3) is 0.312. The summed E-state index contributed by atoms with van der Waals surface area (Å²) in [6.07, 6.45) is 6.33. The van der Waals surface area contributed by atoms with Crippen molar-refractivity contribution in [2.24, 2.45) is 0 Å². The predicted molar refractivity (Wildman–Crippen MR) is 80.5 cm³/mol. The number of amides is 1. The van der Waals surface area contributed by atoms with Crippen molar-refractivity contribution < 1.29 is 13.7 Å². The number of carbonyl (C=O) groups excluding carboxylic acids is 1. The number of carbonyl (C=O) groups is 1. The van der Waals surface area contributed by atoms with E-state index >= 15 is 0 Å². The van der Waals surface area contributed by atoms with Crippen LogP contribution in [0, 0.1) is 0 Å². The Hall–Kier alpha value is -2.83. The number of aromatic nitrogens is 3. The number of fused-ring (bicyclic) bond motifs is 1. The van der Waals surface area contributed by atoms with Crippen molar-refractivity contribution >= 4 is 5.91 Å². The maximum Gasteiger partial charge on any atom is 0.255 e. The van der Waals surface area contributed by atoms with Gasteiger partial charge >= 0.3 is 0 Å². The zero-order chi connectivity index (χ0) is 15.6. The molecule has 0 spiro atoms. The average molecular weight is 312 g/mol. The maximum atomic E-state index is 12.3. The Morgan fingerprint density at radius 3 is 3.17 bits per heavy atom. The molecule has 1 aliphatic heterocycles. The van der Waals surface area contributed by atoms with Crippen LogP contribution in [0.15, 0.2) is 39.6 Å². The third-order valence-corrected chi connectivity index (χ3v) is 3.98. The number of nitrogens with one attached hydrogen (secondary N) is 1. The highest BCUT2D eigenvalue weighted by Gasteiger charge is 2.20. The topological polar surface area (TPSA) is 86.1 Å². The summed E-state index contributed by atoms with van der Waals surface area (Å²) in [5.41, 5.74) is 2.32. The zero-order valence-electron chi connectivity index (χ0n) is 12.5. The van der Waals surface area contributed by atoms with Gasteiger partial charge in [0.2, 0.25) is 5.76 Å². The summed E-state index contributed by atoms with van der Waals surface area (Å²) in [6, 6.07) is 5.33. The lowest BCUT2D eigenvalue weighted by molar-refractivity contribution is 0.0948. The lowest BCUT2D eigenvalue weighted by atomic mass is 10.1. The van der Waals surface area contributed by atoms with Gasteiger partial charge in [-0.05, 0) is 31.4 Å². The molecule has 0 aliphatic carbocycles. The molecule has 7 nitrogen and oxygen atoms in total. The molecule has 0 saturated heterocycles. The second-order valence-corrected chi connectivity index (χ2v) is 5.53. The van der Waals surface area contributed by atoms with E-state index in [1.807, 2.05) is 4.68 Å². The van der Waals surface area contributed by atoms with Crippen LogP contribution in [0.25, 0.3) is 11.5 Å². The highest BCUT2D eigenvalue weighted by Crippen LogP contribution is 2.21. The van der Waals surface area contributed by atoms with Crippen LogP contribution in [0.4, 0.5) is 0 Å². The number of hydrogen-bond donors (Lipinski definition) is 1. The molecule has 3 aromatic heterocycles. The van der Waals surface area contributed by atoms with Gasteiger partial charge in [-0.2, -0.15) is 5.10 Å². The van der Waals surface area contributed by atoms with E-state index in [9.17, 15) is 4.79 Å². The maximum absolute atomic E-state index is 12.3. The monoisotopic (exact) mass is 312 g/mol. The van der Waals surface area contributed by atoms with Crippen molar-refractivity contribution in [1.82, 2.24) is 20.3 Å².